The molecular formula is C26H29O2P. The molecular weight excluding hydrogens is 375 g/mol. The predicted octanol–water partition coefficient (Wildman–Crippen LogP) is 5.96. The maximum absolute atomic E-state index is 13.1. The molecule has 3 rings (SSSR count). The van der Waals surface area contributed by atoms with Crippen LogP contribution in [0.15, 0.2) is 91.0 Å². The summed E-state index contributed by atoms with van der Waals surface area (Å²) >= 11 is 0. The summed E-state index contributed by atoms with van der Waals surface area (Å²) < 4.78 is 6.44. The molecule has 0 saturated heterocycles. The van der Waals surface area contributed by atoms with Crippen molar-refractivity contribution in [3.8, 4) is 0 Å². The average molecular weight is 404 g/mol. The summed E-state index contributed by atoms with van der Waals surface area (Å²) in [6, 6.07) is 30.8. The van der Waals surface area contributed by atoms with Gasteiger partial charge in [0.1, 0.15) is 0 Å². The Bertz CT molecular complexity index is 876. The van der Waals surface area contributed by atoms with Gasteiger partial charge < -0.3 is 4.74 Å². The molecule has 0 aliphatic rings. The molecule has 1 atom stereocenters. The van der Waals surface area contributed by atoms with Crippen molar-refractivity contribution in [1.82, 2.24) is 0 Å². The number of rotatable bonds is 6. The van der Waals surface area contributed by atoms with Gasteiger partial charge >= 0.3 is 5.97 Å². The minimum Gasteiger partial charge on any atom is -0.448 e. The van der Waals surface area contributed by atoms with Crippen LogP contribution in [0.5, 0.6) is 0 Å². The SMILES string of the molecule is C[P@](CC(OC(=O)C(C)(C)C)(c1ccccc1)c1ccccc1)c1ccccc1. The second-order valence-corrected chi connectivity index (χ2v) is 10.6. The molecule has 0 radical (unpaired) electrons. The zero-order valence-electron chi connectivity index (χ0n) is 17.6. The van der Waals surface area contributed by atoms with Crippen molar-refractivity contribution in [3.63, 3.8) is 0 Å². The molecule has 2 nitrogen and oxygen atoms in total. The molecule has 3 heteroatoms. The van der Waals surface area contributed by atoms with E-state index in [2.05, 4.69) is 55.2 Å². The van der Waals surface area contributed by atoms with E-state index in [9.17, 15) is 4.79 Å². The molecule has 0 N–H and O–H groups in total. The number of hydrogen-bond acceptors (Lipinski definition) is 2. The highest BCUT2D eigenvalue weighted by Crippen LogP contribution is 2.45. The Labute approximate surface area is 175 Å². The third-order valence-corrected chi connectivity index (χ3v) is 7.12. The lowest BCUT2D eigenvalue weighted by Gasteiger charge is -2.38. The van der Waals surface area contributed by atoms with Crippen molar-refractivity contribution < 1.29 is 9.53 Å². The van der Waals surface area contributed by atoms with Crippen LogP contribution in [0.1, 0.15) is 31.9 Å². The van der Waals surface area contributed by atoms with Gasteiger partial charge in [-0.05, 0) is 32.7 Å². The first-order chi connectivity index (χ1) is 13.8. The van der Waals surface area contributed by atoms with Crippen molar-refractivity contribution in [3.05, 3.63) is 102 Å². The Hall–Kier alpha value is -2.44. The molecule has 0 aliphatic carbocycles. The van der Waals surface area contributed by atoms with Crippen LogP contribution in [0.25, 0.3) is 0 Å². The predicted molar refractivity (Wildman–Crippen MR) is 123 cm³/mol. The second kappa shape index (κ2) is 8.93. The summed E-state index contributed by atoms with van der Waals surface area (Å²) in [5.41, 5.74) is 0.601. The van der Waals surface area contributed by atoms with Gasteiger partial charge in [0.25, 0.3) is 0 Å². The van der Waals surface area contributed by atoms with E-state index in [1.165, 1.54) is 5.30 Å². The summed E-state index contributed by atoms with van der Waals surface area (Å²) in [6.45, 7) is 7.97. The molecule has 0 fully saturated rings. The largest absolute Gasteiger partial charge is 0.448 e. The van der Waals surface area contributed by atoms with E-state index in [0.29, 0.717) is 0 Å². The first-order valence-corrected chi connectivity index (χ1v) is 11.9. The summed E-state index contributed by atoms with van der Waals surface area (Å²) in [6.07, 6.45) is 0.724. The minimum absolute atomic E-state index is 0.193. The first-order valence-electron chi connectivity index (χ1n) is 9.94. The van der Waals surface area contributed by atoms with Gasteiger partial charge in [0.15, 0.2) is 5.60 Å². The maximum atomic E-state index is 13.1. The molecule has 3 aromatic rings. The van der Waals surface area contributed by atoms with Crippen LogP contribution in [0, 0.1) is 5.41 Å². The van der Waals surface area contributed by atoms with E-state index in [0.717, 1.165) is 17.3 Å². The molecule has 29 heavy (non-hydrogen) atoms. The van der Waals surface area contributed by atoms with Gasteiger partial charge in [-0.3, -0.25) is 4.79 Å². The van der Waals surface area contributed by atoms with E-state index in [1.807, 2.05) is 63.2 Å². The Morgan fingerprint density at radius 2 is 1.17 bits per heavy atom. The summed E-state index contributed by atoms with van der Waals surface area (Å²) in [5, 5.41) is 1.30. The average Bonchev–Trinajstić information content (AvgIpc) is 2.74. The Balaban J connectivity index is 2.15. The van der Waals surface area contributed by atoms with Crippen molar-refractivity contribution >= 4 is 19.2 Å². The van der Waals surface area contributed by atoms with Crippen LogP contribution >= 0.6 is 7.92 Å². The zero-order chi connectivity index (χ0) is 20.9. The fourth-order valence-electron chi connectivity index (χ4n) is 3.33. The maximum Gasteiger partial charge on any atom is 0.312 e. The highest BCUT2D eigenvalue weighted by molar-refractivity contribution is 7.64. The highest BCUT2D eigenvalue weighted by atomic mass is 31.1. The molecule has 3 aromatic carbocycles. The van der Waals surface area contributed by atoms with Crippen LogP contribution in [0.3, 0.4) is 0 Å². The Morgan fingerprint density at radius 1 is 0.759 bits per heavy atom. The van der Waals surface area contributed by atoms with Crippen LogP contribution < -0.4 is 5.30 Å². The molecule has 0 bridgehead atoms. The Kier molecular flexibility index (Phi) is 6.55. The summed E-state index contributed by atoms with van der Waals surface area (Å²) in [7, 11) is -0.555. The van der Waals surface area contributed by atoms with E-state index >= 15 is 0 Å². The van der Waals surface area contributed by atoms with Gasteiger partial charge in [0, 0.05) is 17.3 Å². The van der Waals surface area contributed by atoms with Crippen molar-refractivity contribution in [2.75, 3.05) is 12.8 Å². The minimum atomic E-state index is -0.830. The van der Waals surface area contributed by atoms with E-state index in [1.54, 1.807) is 0 Å². The topological polar surface area (TPSA) is 26.3 Å². The van der Waals surface area contributed by atoms with E-state index in [-0.39, 0.29) is 5.97 Å². The lowest BCUT2D eigenvalue weighted by molar-refractivity contribution is -0.164. The summed E-state index contributed by atoms with van der Waals surface area (Å²) in [4.78, 5) is 13.1. The lowest BCUT2D eigenvalue weighted by Crippen LogP contribution is -2.41. The van der Waals surface area contributed by atoms with Crippen molar-refractivity contribution in [2.45, 2.75) is 26.4 Å². The summed E-state index contributed by atoms with van der Waals surface area (Å²) in [5.74, 6) is -0.193. The van der Waals surface area contributed by atoms with Gasteiger partial charge in [-0.25, -0.2) is 0 Å². The van der Waals surface area contributed by atoms with Gasteiger partial charge in [0.05, 0.1) is 5.41 Å². The van der Waals surface area contributed by atoms with Crippen LogP contribution in [-0.4, -0.2) is 18.8 Å². The number of carbonyl (C=O) groups excluding carboxylic acids is 1. The number of benzene rings is 3. The molecule has 0 saturated carbocycles. The fraction of sp³-hybridized carbons (Fsp3) is 0.269. The third kappa shape index (κ3) is 4.95. The molecule has 0 aromatic heterocycles. The molecule has 0 spiro atoms. The number of carbonyl (C=O) groups is 1. The van der Waals surface area contributed by atoms with Gasteiger partial charge in [-0.15, -0.1) is 0 Å². The normalized spacial score (nSPS) is 13.0. The fourth-order valence-corrected chi connectivity index (χ4v) is 5.29. The third-order valence-electron chi connectivity index (χ3n) is 5.02. The standard InChI is InChI=1S/C26H29O2P/c1-25(2,3)24(27)28-26(21-14-8-5-9-15-21,22-16-10-6-11-17-22)20-29(4)23-18-12-7-13-19-23/h5-19H,20H2,1-4H3/t29-/m1/s1. The Morgan fingerprint density at radius 3 is 1.59 bits per heavy atom. The quantitative estimate of drug-likeness (QED) is 0.374. The van der Waals surface area contributed by atoms with Gasteiger partial charge in [0.2, 0.25) is 0 Å². The van der Waals surface area contributed by atoms with Gasteiger partial charge in [-0.1, -0.05) is 98.9 Å². The van der Waals surface area contributed by atoms with E-state index in [4.69, 9.17) is 4.74 Å². The zero-order valence-corrected chi connectivity index (χ0v) is 18.5. The van der Waals surface area contributed by atoms with Crippen LogP contribution in [0.2, 0.25) is 0 Å². The molecule has 0 amide bonds. The van der Waals surface area contributed by atoms with Crippen molar-refractivity contribution in [1.29, 1.82) is 0 Å². The van der Waals surface area contributed by atoms with Crippen LogP contribution in [-0.2, 0) is 15.1 Å². The lowest BCUT2D eigenvalue weighted by atomic mass is 9.86. The molecule has 0 unspecified atom stereocenters. The molecule has 0 heterocycles. The molecule has 150 valence electrons. The highest BCUT2D eigenvalue weighted by Gasteiger charge is 2.42. The number of hydrogen-bond donors (Lipinski definition) is 0. The number of ether oxygens (including phenoxy) is 1. The van der Waals surface area contributed by atoms with Gasteiger partial charge in [-0.2, -0.15) is 0 Å². The first kappa shape index (κ1) is 21.3. The van der Waals surface area contributed by atoms with E-state index < -0.39 is 18.9 Å². The monoisotopic (exact) mass is 404 g/mol. The molecule has 0 aliphatic heterocycles. The second-order valence-electron chi connectivity index (χ2n) is 8.39. The number of esters is 1. The van der Waals surface area contributed by atoms with Crippen molar-refractivity contribution in [2.24, 2.45) is 5.41 Å². The van der Waals surface area contributed by atoms with Crippen LogP contribution in [0.4, 0.5) is 0 Å². The smallest absolute Gasteiger partial charge is 0.312 e.